The highest BCUT2D eigenvalue weighted by Gasteiger charge is 2.34. The SMILES string of the molecule is CCC[P+](CCC)(CCC)OC. The lowest BCUT2D eigenvalue weighted by Crippen LogP contribution is -2.08. The Kier molecular flexibility index (Phi) is 7.08. The van der Waals surface area contributed by atoms with Gasteiger partial charge in [0.1, 0.15) is 7.49 Å². The Bertz CT molecular complexity index is 87.0. The number of hydrogen-bond donors (Lipinski definition) is 0. The minimum atomic E-state index is -0.977. The molecular weight excluding hydrogens is 167 g/mol. The van der Waals surface area contributed by atoms with Gasteiger partial charge >= 0.3 is 0 Å². The lowest BCUT2D eigenvalue weighted by atomic mass is 10.6. The minimum Gasteiger partial charge on any atom is -0.241 e. The van der Waals surface area contributed by atoms with Crippen molar-refractivity contribution in [1.82, 2.24) is 0 Å². The normalized spacial score (nSPS) is 12.0. The minimum absolute atomic E-state index is 0.977. The van der Waals surface area contributed by atoms with Crippen LogP contribution < -0.4 is 0 Å². The molecule has 0 unspecified atom stereocenters. The van der Waals surface area contributed by atoms with Gasteiger partial charge in [-0.25, -0.2) is 4.52 Å². The zero-order valence-corrected chi connectivity index (χ0v) is 9.99. The third-order valence-electron chi connectivity index (χ3n) is 2.28. The number of hydrogen-bond acceptors (Lipinski definition) is 1. The second kappa shape index (κ2) is 6.86. The predicted molar refractivity (Wildman–Crippen MR) is 59.4 cm³/mol. The molecule has 12 heavy (non-hydrogen) atoms. The molecule has 0 spiro atoms. The molecule has 0 aliphatic carbocycles. The molecule has 0 saturated carbocycles. The van der Waals surface area contributed by atoms with Gasteiger partial charge in [0.25, 0.3) is 0 Å². The van der Waals surface area contributed by atoms with Gasteiger partial charge < -0.3 is 0 Å². The monoisotopic (exact) mass is 191 g/mol. The van der Waals surface area contributed by atoms with Crippen molar-refractivity contribution in [3.63, 3.8) is 0 Å². The second-order valence-corrected chi connectivity index (χ2v) is 7.23. The van der Waals surface area contributed by atoms with E-state index in [1.54, 1.807) is 0 Å². The van der Waals surface area contributed by atoms with Crippen molar-refractivity contribution in [2.24, 2.45) is 0 Å². The second-order valence-electron chi connectivity index (χ2n) is 3.41. The average Bonchev–Trinajstić information content (AvgIpc) is 2.06. The van der Waals surface area contributed by atoms with E-state index in [9.17, 15) is 0 Å². The molecule has 0 N–H and O–H groups in total. The van der Waals surface area contributed by atoms with Crippen LogP contribution in [-0.4, -0.2) is 25.6 Å². The maximum Gasteiger partial charge on any atom is 0.145 e. The van der Waals surface area contributed by atoms with E-state index in [4.69, 9.17) is 4.52 Å². The van der Waals surface area contributed by atoms with Crippen LogP contribution >= 0.6 is 7.49 Å². The van der Waals surface area contributed by atoms with Crippen molar-refractivity contribution in [2.75, 3.05) is 25.6 Å². The van der Waals surface area contributed by atoms with E-state index in [1.165, 1.54) is 37.7 Å². The fourth-order valence-corrected chi connectivity index (χ4v) is 5.50. The van der Waals surface area contributed by atoms with Crippen LogP contribution in [-0.2, 0) is 4.52 Å². The summed E-state index contributed by atoms with van der Waals surface area (Å²) in [5.74, 6) is 0. The van der Waals surface area contributed by atoms with Gasteiger partial charge in [0, 0.05) is 0 Å². The maximum absolute atomic E-state index is 5.77. The van der Waals surface area contributed by atoms with Gasteiger partial charge in [-0.3, -0.25) is 0 Å². The van der Waals surface area contributed by atoms with Crippen LogP contribution in [0.2, 0.25) is 0 Å². The Morgan fingerprint density at radius 2 is 1.17 bits per heavy atom. The Morgan fingerprint density at radius 3 is 1.33 bits per heavy atom. The standard InChI is InChI=1S/C10H24OP/c1-5-8-12(11-4,9-6-2)10-7-3/h5-10H2,1-4H3/q+1. The Morgan fingerprint density at radius 1 is 0.833 bits per heavy atom. The molecule has 2 heteroatoms. The van der Waals surface area contributed by atoms with E-state index >= 15 is 0 Å². The largest absolute Gasteiger partial charge is 0.241 e. The molecular formula is C10H24OP+. The molecule has 0 radical (unpaired) electrons. The molecule has 0 fully saturated rings. The first-order chi connectivity index (χ1) is 5.74. The summed E-state index contributed by atoms with van der Waals surface area (Å²) in [6, 6.07) is 0. The molecule has 0 saturated heterocycles. The van der Waals surface area contributed by atoms with Crippen molar-refractivity contribution in [1.29, 1.82) is 0 Å². The van der Waals surface area contributed by atoms with Crippen LogP contribution in [0.5, 0.6) is 0 Å². The summed E-state index contributed by atoms with van der Waals surface area (Å²) in [6.45, 7) is 6.79. The summed E-state index contributed by atoms with van der Waals surface area (Å²) < 4.78 is 5.77. The summed E-state index contributed by atoms with van der Waals surface area (Å²) in [6.07, 6.45) is 7.81. The fourth-order valence-electron chi connectivity index (χ4n) is 1.83. The van der Waals surface area contributed by atoms with E-state index in [2.05, 4.69) is 20.8 Å². The first-order valence-electron chi connectivity index (χ1n) is 5.16. The summed E-state index contributed by atoms with van der Waals surface area (Å²) in [5.41, 5.74) is 0. The summed E-state index contributed by atoms with van der Waals surface area (Å²) >= 11 is 0. The molecule has 0 aromatic heterocycles. The van der Waals surface area contributed by atoms with E-state index in [-0.39, 0.29) is 0 Å². The summed E-state index contributed by atoms with van der Waals surface area (Å²) in [4.78, 5) is 0. The van der Waals surface area contributed by atoms with Crippen molar-refractivity contribution < 1.29 is 4.52 Å². The highest BCUT2D eigenvalue weighted by molar-refractivity contribution is 7.71. The third-order valence-corrected chi connectivity index (χ3v) is 6.84. The van der Waals surface area contributed by atoms with Gasteiger partial charge in [0.05, 0.1) is 25.6 Å². The van der Waals surface area contributed by atoms with Crippen LogP contribution in [0.15, 0.2) is 0 Å². The van der Waals surface area contributed by atoms with Gasteiger partial charge in [-0.05, 0) is 19.3 Å². The number of rotatable bonds is 7. The highest BCUT2D eigenvalue weighted by Crippen LogP contribution is 2.60. The van der Waals surface area contributed by atoms with Gasteiger partial charge in [-0.2, -0.15) is 0 Å². The fraction of sp³-hybridized carbons (Fsp3) is 1.00. The lowest BCUT2D eigenvalue weighted by molar-refractivity contribution is 0.440. The molecule has 0 atom stereocenters. The molecule has 74 valence electrons. The summed E-state index contributed by atoms with van der Waals surface area (Å²) in [7, 11) is 0.934. The molecule has 0 heterocycles. The Hall–Kier alpha value is 0.390. The summed E-state index contributed by atoms with van der Waals surface area (Å²) in [5, 5.41) is 0. The van der Waals surface area contributed by atoms with Crippen LogP contribution in [0.25, 0.3) is 0 Å². The van der Waals surface area contributed by atoms with Gasteiger partial charge in [-0.15, -0.1) is 0 Å². The lowest BCUT2D eigenvalue weighted by Gasteiger charge is -2.22. The van der Waals surface area contributed by atoms with E-state index in [0.717, 1.165) is 0 Å². The molecule has 0 bridgehead atoms. The molecule has 1 nitrogen and oxygen atoms in total. The highest BCUT2D eigenvalue weighted by atomic mass is 31.2. The van der Waals surface area contributed by atoms with Crippen molar-refractivity contribution >= 4 is 7.49 Å². The third kappa shape index (κ3) is 3.87. The van der Waals surface area contributed by atoms with E-state index < -0.39 is 7.49 Å². The molecule has 0 aliphatic heterocycles. The first kappa shape index (κ1) is 12.4. The van der Waals surface area contributed by atoms with Crippen LogP contribution in [0.3, 0.4) is 0 Å². The average molecular weight is 191 g/mol. The Labute approximate surface area is 78.3 Å². The topological polar surface area (TPSA) is 9.23 Å². The predicted octanol–water partition coefficient (Wildman–Crippen LogP) is 3.80. The van der Waals surface area contributed by atoms with E-state index in [1.807, 2.05) is 7.11 Å². The molecule has 0 amide bonds. The van der Waals surface area contributed by atoms with Crippen LogP contribution in [0, 0.1) is 0 Å². The van der Waals surface area contributed by atoms with Gasteiger partial charge in [-0.1, -0.05) is 20.8 Å². The zero-order valence-electron chi connectivity index (χ0n) is 9.10. The maximum atomic E-state index is 5.77. The molecule has 0 aromatic rings. The zero-order chi connectivity index (χ0) is 9.45. The van der Waals surface area contributed by atoms with Gasteiger partial charge in [0.15, 0.2) is 0 Å². The van der Waals surface area contributed by atoms with Crippen molar-refractivity contribution in [2.45, 2.75) is 40.0 Å². The first-order valence-corrected chi connectivity index (χ1v) is 7.42. The van der Waals surface area contributed by atoms with E-state index in [0.29, 0.717) is 0 Å². The van der Waals surface area contributed by atoms with Crippen molar-refractivity contribution in [3.8, 4) is 0 Å². The quantitative estimate of drug-likeness (QED) is 0.556. The van der Waals surface area contributed by atoms with Crippen molar-refractivity contribution in [3.05, 3.63) is 0 Å². The smallest absolute Gasteiger partial charge is 0.145 e. The molecule has 0 aromatic carbocycles. The van der Waals surface area contributed by atoms with Crippen LogP contribution in [0.1, 0.15) is 40.0 Å². The molecule has 0 aliphatic rings. The Balaban J connectivity index is 4.06. The van der Waals surface area contributed by atoms with Gasteiger partial charge in [0.2, 0.25) is 0 Å². The van der Waals surface area contributed by atoms with Crippen LogP contribution in [0.4, 0.5) is 0 Å². The molecule has 0 rings (SSSR count).